The molecule has 2 fully saturated rings. The summed E-state index contributed by atoms with van der Waals surface area (Å²) in [5.41, 5.74) is 0.182. The second-order valence-corrected chi connectivity index (χ2v) is 5.65. The SMILES string of the molecule is O=C1CCN(c2ccc(Cl)cc2F)C(=O)C(C2CC2)N1. The summed E-state index contributed by atoms with van der Waals surface area (Å²) in [5.74, 6) is -0.760. The fourth-order valence-corrected chi connectivity index (χ4v) is 2.65. The van der Waals surface area contributed by atoms with Crippen LogP contribution in [0.15, 0.2) is 18.2 Å². The lowest BCUT2D eigenvalue weighted by molar-refractivity contribution is -0.126. The van der Waals surface area contributed by atoms with E-state index in [2.05, 4.69) is 5.32 Å². The molecule has 1 aromatic carbocycles. The number of benzene rings is 1. The Labute approximate surface area is 120 Å². The quantitative estimate of drug-likeness (QED) is 0.909. The summed E-state index contributed by atoms with van der Waals surface area (Å²) in [5, 5.41) is 3.02. The van der Waals surface area contributed by atoms with Crippen LogP contribution in [0.1, 0.15) is 19.3 Å². The second-order valence-electron chi connectivity index (χ2n) is 5.22. The van der Waals surface area contributed by atoms with Gasteiger partial charge in [-0.15, -0.1) is 0 Å². The summed E-state index contributed by atoms with van der Waals surface area (Å²) < 4.78 is 14.0. The molecule has 1 aromatic rings. The number of nitrogens with one attached hydrogen (secondary N) is 1. The lowest BCUT2D eigenvalue weighted by Gasteiger charge is -2.24. The van der Waals surface area contributed by atoms with Crippen LogP contribution in [-0.4, -0.2) is 24.4 Å². The minimum absolute atomic E-state index is 0.160. The molecule has 3 rings (SSSR count). The first-order valence-electron chi connectivity index (χ1n) is 6.62. The molecule has 1 unspecified atom stereocenters. The summed E-state index contributed by atoms with van der Waals surface area (Å²) in [6.07, 6.45) is 2.03. The molecular formula is C14H14ClFN2O2. The van der Waals surface area contributed by atoms with E-state index in [1.54, 1.807) is 6.07 Å². The van der Waals surface area contributed by atoms with E-state index in [1.807, 2.05) is 0 Å². The zero-order valence-corrected chi connectivity index (χ0v) is 11.5. The second kappa shape index (κ2) is 5.05. The van der Waals surface area contributed by atoms with Crippen molar-refractivity contribution in [3.05, 3.63) is 29.0 Å². The zero-order valence-electron chi connectivity index (χ0n) is 10.7. The number of hydrogen-bond donors (Lipinski definition) is 1. The highest BCUT2D eigenvalue weighted by Gasteiger charge is 2.41. The van der Waals surface area contributed by atoms with Crippen LogP contribution in [0.5, 0.6) is 0 Å². The van der Waals surface area contributed by atoms with E-state index in [-0.39, 0.29) is 41.4 Å². The third kappa shape index (κ3) is 2.50. The number of nitrogens with zero attached hydrogens (tertiary/aromatic N) is 1. The van der Waals surface area contributed by atoms with Gasteiger partial charge in [-0.05, 0) is 37.0 Å². The Hall–Kier alpha value is -1.62. The fraction of sp³-hybridized carbons (Fsp3) is 0.429. The Kier molecular flexibility index (Phi) is 3.38. The van der Waals surface area contributed by atoms with Crippen LogP contribution in [-0.2, 0) is 9.59 Å². The highest BCUT2D eigenvalue weighted by atomic mass is 35.5. The minimum Gasteiger partial charge on any atom is -0.344 e. The summed E-state index contributed by atoms with van der Waals surface area (Å²) in [6, 6.07) is 3.67. The van der Waals surface area contributed by atoms with Gasteiger partial charge in [-0.2, -0.15) is 0 Å². The van der Waals surface area contributed by atoms with Crippen molar-refractivity contribution in [1.82, 2.24) is 5.32 Å². The molecule has 6 heteroatoms. The van der Waals surface area contributed by atoms with Gasteiger partial charge in [0.25, 0.3) is 0 Å². The molecule has 4 nitrogen and oxygen atoms in total. The number of carbonyl (C=O) groups is 2. The van der Waals surface area contributed by atoms with E-state index in [4.69, 9.17) is 11.6 Å². The monoisotopic (exact) mass is 296 g/mol. The number of hydrogen-bond acceptors (Lipinski definition) is 2. The molecule has 2 aliphatic rings. The first kappa shape index (κ1) is 13.4. The molecule has 1 aliphatic heterocycles. The first-order chi connectivity index (χ1) is 9.56. The molecule has 0 radical (unpaired) electrons. The molecule has 0 spiro atoms. The van der Waals surface area contributed by atoms with Gasteiger partial charge in [-0.3, -0.25) is 9.59 Å². The molecule has 2 amide bonds. The van der Waals surface area contributed by atoms with Gasteiger partial charge in [0.05, 0.1) is 5.69 Å². The lowest BCUT2D eigenvalue weighted by Crippen LogP contribution is -2.46. The van der Waals surface area contributed by atoms with Crippen LogP contribution in [0.25, 0.3) is 0 Å². The molecular weight excluding hydrogens is 283 g/mol. The van der Waals surface area contributed by atoms with Crippen molar-refractivity contribution in [3.8, 4) is 0 Å². The van der Waals surface area contributed by atoms with Crippen molar-refractivity contribution in [2.75, 3.05) is 11.4 Å². The van der Waals surface area contributed by atoms with Crippen LogP contribution in [0, 0.1) is 11.7 Å². The van der Waals surface area contributed by atoms with E-state index in [1.165, 1.54) is 17.0 Å². The van der Waals surface area contributed by atoms with E-state index in [9.17, 15) is 14.0 Å². The molecule has 1 saturated heterocycles. The third-order valence-corrected chi connectivity index (χ3v) is 3.94. The minimum atomic E-state index is -0.547. The molecule has 20 heavy (non-hydrogen) atoms. The van der Waals surface area contributed by atoms with Gasteiger partial charge in [0.2, 0.25) is 11.8 Å². The van der Waals surface area contributed by atoms with Gasteiger partial charge in [-0.25, -0.2) is 4.39 Å². The summed E-state index contributed by atoms with van der Waals surface area (Å²) in [7, 11) is 0. The third-order valence-electron chi connectivity index (χ3n) is 3.70. The van der Waals surface area contributed by atoms with Gasteiger partial charge in [0.15, 0.2) is 0 Å². The number of amides is 2. The van der Waals surface area contributed by atoms with Crippen LogP contribution >= 0.6 is 11.6 Å². The van der Waals surface area contributed by atoms with Crippen molar-refractivity contribution < 1.29 is 14.0 Å². The van der Waals surface area contributed by atoms with Crippen molar-refractivity contribution >= 4 is 29.1 Å². The maximum Gasteiger partial charge on any atom is 0.249 e. The fourth-order valence-electron chi connectivity index (χ4n) is 2.49. The van der Waals surface area contributed by atoms with Crippen LogP contribution < -0.4 is 10.2 Å². The molecule has 1 saturated carbocycles. The van der Waals surface area contributed by atoms with Gasteiger partial charge < -0.3 is 10.2 Å². The normalized spacial score (nSPS) is 23.5. The van der Waals surface area contributed by atoms with Crippen molar-refractivity contribution in [2.45, 2.75) is 25.3 Å². The lowest BCUT2D eigenvalue weighted by atomic mass is 10.1. The Bertz CT molecular complexity index is 574. The maximum absolute atomic E-state index is 14.0. The Morgan fingerprint density at radius 3 is 2.70 bits per heavy atom. The van der Waals surface area contributed by atoms with Gasteiger partial charge in [-0.1, -0.05) is 11.6 Å². The van der Waals surface area contributed by atoms with Gasteiger partial charge in [0.1, 0.15) is 11.9 Å². The van der Waals surface area contributed by atoms with Gasteiger partial charge in [0, 0.05) is 18.0 Å². The Morgan fingerprint density at radius 2 is 2.05 bits per heavy atom. The Morgan fingerprint density at radius 1 is 1.30 bits per heavy atom. The van der Waals surface area contributed by atoms with Crippen molar-refractivity contribution in [2.24, 2.45) is 5.92 Å². The van der Waals surface area contributed by atoms with Crippen molar-refractivity contribution in [1.29, 1.82) is 0 Å². The van der Waals surface area contributed by atoms with E-state index in [0.717, 1.165) is 12.8 Å². The summed E-state index contributed by atoms with van der Waals surface area (Å²) >= 11 is 5.73. The summed E-state index contributed by atoms with van der Waals surface area (Å²) in [6.45, 7) is 0.187. The molecule has 1 N–H and O–H groups in total. The maximum atomic E-state index is 14.0. The van der Waals surface area contributed by atoms with E-state index >= 15 is 0 Å². The number of anilines is 1. The molecule has 0 aromatic heterocycles. The predicted molar refractivity (Wildman–Crippen MR) is 73.0 cm³/mol. The number of halogens is 2. The molecule has 1 heterocycles. The highest BCUT2D eigenvalue weighted by molar-refractivity contribution is 6.30. The van der Waals surface area contributed by atoms with E-state index in [0.29, 0.717) is 0 Å². The molecule has 1 atom stereocenters. The van der Waals surface area contributed by atoms with Gasteiger partial charge >= 0.3 is 0 Å². The average Bonchev–Trinajstić information content (AvgIpc) is 3.21. The Balaban J connectivity index is 1.93. The molecule has 1 aliphatic carbocycles. The van der Waals surface area contributed by atoms with Crippen molar-refractivity contribution in [3.63, 3.8) is 0 Å². The summed E-state index contributed by atoms with van der Waals surface area (Å²) in [4.78, 5) is 25.6. The van der Waals surface area contributed by atoms with Crippen LogP contribution in [0.4, 0.5) is 10.1 Å². The predicted octanol–water partition coefficient (Wildman–Crippen LogP) is 2.11. The average molecular weight is 297 g/mol. The molecule has 0 bridgehead atoms. The standard InChI is InChI=1S/C14H14ClFN2O2/c15-9-3-4-11(10(16)7-9)18-6-5-12(19)17-13(14(18)20)8-1-2-8/h3-4,7-8,13H,1-2,5-6H2,(H,17,19). The van der Waals surface area contributed by atoms with Crippen LogP contribution in [0.2, 0.25) is 5.02 Å². The largest absolute Gasteiger partial charge is 0.344 e. The topological polar surface area (TPSA) is 49.4 Å². The van der Waals surface area contributed by atoms with E-state index < -0.39 is 11.9 Å². The number of rotatable bonds is 2. The smallest absolute Gasteiger partial charge is 0.249 e. The van der Waals surface area contributed by atoms with Crippen LogP contribution in [0.3, 0.4) is 0 Å². The molecule has 106 valence electrons. The first-order valence-corrected chi connectivity index (χ1v) is 7.00. The zero-order chi connectivity index (χ0) is 14.3. The number of carbonyl (C=O) groups excluding carboxylic acids is 2. The highest BCUT2D eigenvalue weighted by Crippen LogP contribution is 2.35.